The van der Waals surface area contributed by atoms with Crippen molar-refractivity contribution in [3.05, 3.63) is 34.9 Å². The van der Waals surface area contributed by atoms with Gasteiger partial charge in [-0.1, -0.05) is 29.3 Å². The molecule has 1 aromatic carbocycles. The molecule has 1 aromatic rings. The highest BCUT2D eigenvalue weighted by Gasteiger charge is 2.37. The summed E-state index contributed by atoms with van der Waals surface area (Å²) in [5.74, 6) is -1.74. The minimum absolute atomic E-state index is 0.101. The predicted molar refractivity (Wildman–Crippen MR) is 137 cm³/mol. The topological polar surface area (TPSA) is 151 Å². The molecule has 5 N–H and O–H groups in total. The molecule has 10 nitrogen and oxygen atoms in total. The Balaban J connectivity index is 3.53. The molecule has 4 amide bonds. The number of primary amides is 1. The molecular weight excluding hydrogens is 464 g/mol. The minimum Gasteiger partial charge on any atom is -0.444 e. The number of benzene rings is 1. The van der Waals surface area contributed by atoms with Gasteiger partial charge in [0.1, 0.15) is 17.7 Å². The highest BCUT2D eigenvalue weighted by molar-refractivity contribution is 5.92. The van der Waals surface area contributed by atoms with E-state index < -0.39 is 53.6 Å². The van der Waals surface area contributed by atoms with Crippen LogP contribution < -0.4 is 16.4 Å². The van der Waals surface area contributed by atoms with Crippen molar-refractivity contribution in [3.8, 4) is 0 Å². The number of aryl methyl sites for hydroxylation is 2. The Labute approximate surface area is 213 Å². The molecule has 0 bridgehead atoms. The van der Waals surface area contributed by atoms with Gasteiger partial charge in [0.15, 0.2) is 0 Å². The van der Waals surface area contributed by atoms with Crippen molar-refractivity contribution in [3.63, 3.8) is 0 Å². The van der Waals surface area contributed by atoms with E-state index in [0.29, 0.717) is 5.56 Å². The molecule has 1 rings (SSSR count). The Kier molecular flexibility index (Phi) is 10.9. The van der Waals surface area contributed by atoms with Crippen LogP contribution in [0.4, 0.5) is 4.79 Å². The monoisotopic (exact) mass is 506 g/mol. The number of ether oxygens (including phenoxy) is 1. The highest BCUT2D eigenvalue weighted by atomic mass is 16.6. The van der Waals surface area contributed by atoms with Crippen LogP contribution in [0.3, 0.4) is 0 Å². The summed E-state index contributed by atoms with van der Waals surface area (Å²) in [4.78, 5) is 52.5. The maximum atomic E-state index is 13.8. The van der Waals surface area contributed by atoms with E-state index in [1.165, 1.54) is 4.90 Å². The van der Waals surface area contributed by atoms with Crippen molar-refractivity contribution < 1.29 is 29.0 Å². The van der Waals surface area contributed by atoms with Gasteiger partial charge in [-0.15, -0.1) is 0 Å². The maximum absolute atomic E-state index is 13.8. The van der Waals surface area contributed by atoms with E-state index in [0.717, 1.165) is 11.1 Å². The van der Waals surface area contributed by atoms with E-state index in [1.807, 2.05) is 40.7 Å². The predicted octanol–water partition coefficient (Wildman–Crippen LogP) is 2.24. The maximum Gasteiger partial charge on any atom is 0.408 e. The van der Waals surface area contributed by atoms with Gasteiger partial charge in [-0.3, -0.25) is 14.4 Å². The highest BCUT2D eigenvalue weighted by Crippen LogP contribution is 2.26. The Bertz CT molecular complexity index is 928. The molecule has 202 valence electrons. The van der Waals surface area contributed by atoms with Crippen LogP contribution >= 0.6 is 0 Å². The first-order valence-corrected chi connectivity index (χ1v) is 12.0. The lowest BCUT2D eigenvalue weighted by molar-refractivity contribution is -0.143. The van der Waals surface area contributed by atoms with Gasteiger partial charge in [0.25, 0.3) is 0 Å². The van der Waals surface area contributed by atoms with Crippen LogP contribution in [-0.2, 0) is 19.1 Å². The molecule has 36 heavy (non-hydrogen) atoms. The molecule has 0 aliphatic rings. The van der Waals surface area contributed by atoms with Gasteiger partial charge in [-0.25, -0.2) is 4.79 Å². The summed E-state index contributed by atoms with van der Waals surface area (Å²) in [5, 5.41) is 15.2. The van der Waals surface area contributed by atoms with Gasteiger partial charge in [0.05, 0.1) is 6.61 Å². The molecule has 0 spiro atoms. The SMILES string of the molecule is Cc1cc(C)cc(C(C(=O)NC(C)(C)C)N(CCO)C(=O)C(CCC(N)=O)NC(=O)OC(C)(C)C)c1. The third-order valence-electron chi connectivity index (χ3n) is 4.91. The van der Waals surface area contributed by atoms with E-state index in [-0.39, 0.29) is 19.4 Å². The first-order valence-electron chi connectivity index (χ1n) is 12.0. The zero-order chi connectivity index (χ0) is 27.8. The van der Waals surface area contributed by atoms with Gasteiger partial charge in [-0.2, -0.15) is 0 Å². The number of amides is 4. The summed E-state index contributed by atoms with van der Waals surface area (Å²) in [5.41, 5.74) is 6.23. The number of nitrogens with zero attached hydrogens (tertiary/aromatic N) is 1. The third-order valence-corrected chi connectivity index (χ3v) is 4.91. The number of alkyl carbamates (subject to hydrolysis) is 1. The second-order valence-corrected chi connectivity index (χ2v) is 11.0. The summed E-state index contributed by atoms with van der Waals surface area (Å²) in [6.07, 6.45) is -1.13. The number of hydrogen-bond donors (Lipinski definition) is 4. The molecule has 0 aromatic heterocycles. The fourth-order valence-corrected chi connectivity index (χ4v) is 3.75. The molecule has 0 saturated heterocycles. The molecule has 0 aliphatic carbocycles. The van der Waals surface area contributed by atoms with Crippen LogP contribution in [0.1, 0.15) is 77.1 Å². The van der Waals surface area contributed by atoms with Crippen LogP contribution in [0.25, 0.3) is 0 Å². The van der Waals surface area contributed by atoms with Crippen molar-refractivity contribution in [1.29, 1.82) is 0 Å². The van der Waals surface area contributed by atoms with Crippen molar-refractivity contribution >= 4 is 23.8 Å². The van der Waals surface area contributed by atoms with Gasteiger partial charge in [0.2, 0.25) is 17.7 Å². The van der Waals surface area contributed by atoms with Crippen molar-refractivity contribution in [2.75, 3.05) is 13.2 Å². The lowest BCUT2D eigenvalue weighted by Gasteiger charge is -2.36. The van der Waals surface area contributed by atoms with Crippen LogP contribution in [0, 0.1) is 13.8 Å². The van der Waals surface area contributed by atoms with Gasteiger partial charge in [0, 0.05) is 18.5 Å². The molecule has 0 heterocycles. The lowest BCUT2D eigenvalue weighted by Crippen LogP contribution is -2.55. The van der Waals surface area contributed by atoms with E-state index in [9.17, 15) is 24.3 Å². The fraction of sp³-hybridized carbons (Fsp3) is 0.615. The standard InChI is InChI=1S/C26H42N4O6/c1-16-13-17(2)15-18(14-16)21(22(33)29-25(3,4)5)30(11-12-31)23(34)19(9-10-20(27)32)28-24(35)36-26(6,7)8/h13-15,19,21,31H,9-12H2,1-8H3,(H2,27,32)(H,28,35)(H,29,33). The molecular formula is C26H42N4O6. The molecule has 0 aliphatic heterocycles. The van der Waals surface area contributed by atoms with Crippen molar-refractivity contribution in [1.82, 2.24) is 15.5 Å². The number of rotatable bonds is 10. The number of carbonyl (C=O) groups is 4. The second kappa shape index (κ2) is 12.7. The first-order chi connectivity index (χ1) is 16.4. The number of nitrogens with two attached hydrogens (primary N) is 1. The fourth-order valence-electron chi connectivity index (χ4n) is 3.75. The summed E-state index contributed by atoms with van der Waals surface area (Å²) >= 11 is 0. The van der Waals surface area contributed by atoms with Crippen molar-refractivity contribution in [2.24, 2.45) is 5.73 Å². The van der Waals surface area contributed by atoms with Crippen LogP contribution in [-0.4, -0.2) is 64.2 Å². The van der Waals surface area contributed by atoms with Gasteiger partial charge < -0.3 is 31.1 Å². The Morgan fingerprint density at radius 3 is 2.03 bits per heavy atom. The molecule has 10 heteroatoms. The average molecular weight is 507 g/mol. The average Bonchev–Trinajstić information content (AvgIpc) is 2.66. The van der Waals surface area contributed by atoms with Crippen LogP contribution in [0.2, 0.25) is 0 Å². The van der Waals surface area contributed by atoms with E-state index in [2.05, 4.69) is 10.6 Å². The normalized spacial score (nSPS) is 13.4. The summed E-state index contributed by atoms with van der Waals surface area (Å²) < 4.78 is 5.29. The number of aliphatic hydroxyl groups is 1. The summed E-state index contributed by atoms with van der Waals surface area (Å²) in [6, 6.07) is 3.24. The summed E-state index contributed by atoms with van der Waals surface area (Å²) in [7, 11) is 0. The minimum atomic E-state index is -1.21. The van der Waals surface area contributed by atoms with Gasteiger partial charge in [-0.05, 0) is 67.4 Å². The molecule has 0 fully saturated rings. The zero-order valence-corrected chi connectivity index (χ0v) is 22.7. The Hall–Kier alpha value is -3.14. The molecule has 2 atom stereocenters. The largest absolute Gasteiger partial charge is 0.444 e. The zero-order valence-electron chi connectivity index (χ0n) is 22.7. The van der Waals surface area contributed by atoms with Crippen molar-refractivity contribution in [2.45, 2.75) is 91.5 Å². The number of nitrogens with one attached hydrogen (secondary N) is 2. The number of hydrogen-bond acceptors (Lipinski definition) is 6. The van der Waals surface area contributed by atoms with E-state index in [4.69, 9.17) is 10.5 Å². The first kappa shape index (κ1) is 30.9. The third kappa shape index (κ3) is 10.6. The number of aliphatic hydroxyl groups excluding tert-OH is 1. The summed E-state index contributed by atoms with van der Waals surface area (Å²) in [6.45, 7) is 13.7. The van der Waals surface area contributed by atoms with E-state index in [1.54, 1.807) is 32.9 Å². The lowest BCUT2D eigenvalue weighted by atomic mass is 9.97. The Morgan fingerprint density at radius 1 is 1.03 bits per heavy atom. The second-order valence-electron chi connectivity index (χ2n) is 11.0. The van der Waals surface area contributed by atoms with Gasteiger partial charge >= 0.3 is 6.09 Å². The van der Waals surface area contributed by atoms with E-state index >= 15 is 0 Å². The smallest absolute Gasteiger partial charge is 0.408 e. The van der Waals surface area contributed by atoms with Crippen LogP contribution in [0.5, 0.6) is 0 Å². The molecule has 0 radical (unpaired) electrons. The van der Waals surface area contributed by atoms with Crippen LogP contribution in [0.15, 0.2) is 18.2 Å². The quantitative estimate of drug-likeness (QED) is 0.382. The Morgan fingerprint density at radius 2 is 1.58 bits per heavy atom. The molecule has 0 saturated carbocycles. The molecule has 2 unspecified atom stereocenters. The number of carbonyl (C=O) groups excluding carboxylic acids is 4.